The van der Waals surface area contributed by atoms with Crippen LogP contribution in [0.25, 0.3) is 0 Å². The molecule has 0 N–H and O–H groups in total. The molecule has 1 rings (SSSR count). The lowest BCUT2D eigenvalue weighted by Gasteiger charge is -2.00. The summed E-state index contributed by atoms with van der Waals surface area (Å²) in [5, 5.41) is 0. The first kappa shape index (κ1) is 9.97. The van der Waals surface area contributed by atoms with Gasteiger partial charge in [-0.25, -0.2) is 4.58 Å². The van der Waals surface area contributed by atoms with E-state index in [4.69, 9.17) is 0 Å². The molecular formula is C12H18N+. The maximum absolute atomic E-state index is 2.28. The zero-order chi connectivity index (χ0) is 9.68. The summed E-state index contributed by atoms with van der Waals surface area (Å²) in [5.74, 6) is 0. The van der Waals surface area contributed by atoms with Gasteiger partial charge in [0.1, 0.15) is 19.3 Å². The van der Waals surface area contributed by atoms with Crippen LogP contribution in [0.3, 0.4) is 0 Å². The Morgan fingerprint density at radius 3 is 2.31 bits per heavy atom. The van der Waals surface area contributed by atoms with E-state index in [1.165, 1.54) is 11.3 Å². The van der Waals surface area contributed by atoms with Gasteiger partial charge >= 0.3 is 0 Å². The number of likely N-dealkylation sites (N-methyl/N-ethyl adjacent to an activating group) is 1. The molecule has 0 saturated carbocycles. The summed E-state index contributed by atoms with van der Waals surface area (Å²) < 4.78 is 2.28. The van der Waals surface area contributed by atoms with Gasteiger partial charge in [-0.15, -0.1) is 0 Å². The third-order valence-electron chi connectivity index (χ3n) is 2.34. The third-order valence-corrected chi connectivity index (χ3v) is 2.34. The average Bonchev–Trinajstić information content (AvgIpc) is 2.15. The van der Waals surface area contributed by atoms with Gasteiger partial charge in [0, 0.05) is 20.3 Å². The van der Waals surface area contributed by atoms with Crippen molar-refractivity contribution in [1.29, 1.82) is 0 Å². The number of rotatable bonds is 3. The standard InChI is InChI=1S/C12H18N/c1-11(2)13(3)10-9-12-7-5-4-6-8-12/h4-8H,9-10H2,1-3H3/q+1. The van der Waals surface area contributed by atoms with Crippen molar-refractivity contribution < 1.29 is 4.58 Å². The molecule has 0 heterocycles. The number of nitrogens with zero attached hydrogens (tertiary/aromatic N) is 1. The Labute approximate surface area is 80.7 Å². The van der Waals surface area contributed by atoms with Crippen LogP contribution in [0.2, 0.25) is 0 Å². The lowest BCUT2D eigenvalue weighted by Crippen LogP contribution is -2.15. The average molecular weight is 176 g/mol. The highest BCUT2D eigenvalue weighted by Gasteiger charge is 1.99. The first-order valence-corrected chi connectivity index (χ1v) is 4.75. The second kappa shape index (κ2) is 4.80. The molecule has 0 unspecified atom stereocenters. The molecule has 1 nitrogen and oxygen atoms in total. The Kier molecular flexibility index (Phi) is 3.69. The van der Waals surface area contributed by atoms with Crippen LogP contribution >= 0.6 is 0 Å². The predicted octanol–water partition coefficient (Wildman–Crippen LogP) is 2.35. The summed E-state index contributed by atoms with van der Waals surface area (Å²) in [4.78, 5) is 0. The van der Waals surface area contributed by atoms with E-state index in [9.17, 15) is 0 Å². The molecule has 0 saturated heterocycles. The Bertz CT molecular complexity index is 281. The van der Waals surface area contributed by atoms with E-state index in [0.717, 1.165) is 13.0 Å². The zero-order valence-electron chi connectivity index (χ0n) is 8.75. The van der Waals surface area contributed by atoms with Crippen molar-refractivity contribution in [2.24, 2.45) is 0 Å². The Morgan fingerprint density at radius 2 is 1.77 bits per heavy atom. The van der Waals surface area contributed by atoms with Crippen molar-refractivity contribution in [3.63, 3.8) is 0 Å². The van der Waals surface area contributed by atoms with Crippen LogP contribution < -0.4 is 0 Å². The zero-order valence-corrected chi connectivity index (χ0v) is 8.75. The normalized spacial score (nSPS) is 9.77. The molecule has 0 spiro atoms. The van der Waals surface area contributed by atoms with Gasteiger partial charge in [-0.3, -0.25) is 0 Å². The van der Waals surface area contributed by atoms with Gasteiger partial charge in [-0.2, -0.15) is 0 Å². The smallest absolute Gasteiger partial charge is 0.146 e. The van der Waals surface area contributed by atoms with Crippen LogP contribution in [-0.4, -0.2) is 23.9 Å². The van der Waals surface area contributed by atoms with Crippen molar-refractivity contribution in [1.82, 2.24) is 0 Å². The highest BCUT2D eigenvalue weighted by atomic mass is 15.0. The molecule has 0 aliphatic heterocycles. The van der Waals surface area contributed by atoms with Crippen molar-refractivity contribution in [2.75, 3.05) is 13.6 Å². The fourth-order valence-corrected chi connectivity index (χ4v) is 1.17. The third kappa shape index (κ3) is 3.41. The van der Waals surface area contributed by atoms with Gasteiger partial charge in [0.05, 0.1) is 0 Å². The summed E-state index contributed by atoms with van der Waals surface area (Å²) in [6.45, 7) is 5.39. The summed E-state index contributed by atoms with van der Waals surface area (Å²) in [6.07, 6.45) is 1.13. The molecule has 0 amide bonds. The Balaban J connectivity index is 2.49. The molecule has 0 atom stereocenters. The Morgan fingerprint density at radius 1 is 1.15 bits per heavy atom. The molecule has 70 valence electrons. The molecule has 0 aromatic heterocycles. The fourth-order valence-electron chi connectivity index (χ4n) is 1.17. The minimum Gasteiger partial charge on any atom is -0.240 e. The molecule has 1 aromatic rings. The van der Waals surface area contributed by atoms with Crippen LogP contribution in [0.15, 0.2) is 30.3 Å². The molecule has 13 heavy (non-hydrogen) atoms. The van der Waals surface area contributed by atoms with Crippen LogP contribution in [0.1, 0.15) is 19.4 Å². The molecule has 1 heteroatoms. The monoisotopic (exact) mass is 176 g/mol. The fraction of sp³-hybridized carbons (Fsp3) is 0.417. The topological polar surface area (TPSA) is 3.01 Å². The summed E-state index contributed by atoms with van der Waals surface area (Å²) >= 11 is 0. The number of hydrogen-bond acceptors (Lipinski definition) is 0. The lowest BCUT2D eigenvalue weighted by molar-refractivity contribution is -0.497. The lowest BCUT2D eigenvalue weighted by atomic mass is 10.1. The molecular weight excluding hydrogens is 158 g/mol. The van der Waals surface area contributed by atoms with Gasteiger partial charge in [-0.05, 0) is 5.56 Å². The van der Waals surface area contributed by atoms with Crippen LogP contribution in [0.4, 0.5) is 0 Å². The second-order valence-corrected chi connectivity index (χ2v) is 3.60. The maximum Gasteiger partial charge on any atom is 0.146 e. The van der Waals surface area contributed by atoms with E-state index in [1.807, 2.05) is 0 Å². The number of hydrogen-bond donors (Lipinski definition) is 0. The highest BCUT2D eigenvalue weighted by molar-refractivity contribution is 5.73. The first-order chi connectivity index (χ1) is 6.20. The minimum atomic E-state index is 1.10. The summed E-state index contributed by atoms with van der Waals surface area (Å²) in [5.41, 5.74) is 2.78. The SMILES string of the molecule is CC(C)=[N+](C)CCc1ccccc1. The number of benzene rings is 1. The molecule has 0 fully saturated rings. The van der Waals surface area contributed by atoms with Gasteiger partial charge in [-0.1, -0.05) is 30.3 Å². The molecule has 0 aliphatic rings. The van der Waals surface area contributed by atoms with E-state index in [2.05, 4.69) is 55.8 Å². The van der Waals surface area contributed by atoms with Gasteiger partial charge in [0.2, 0.25) is 0 Å². The molecule has 0 bridgehead atoms. The van der Waals surface area contributed by atoms with Crippen LogP contribution in [-0.2, 0) is 6.42 Å². The van der Waals surface area contributed by atoms with Crippen LogP contribution in [0, 0.1) is 0 Å². The largest absolute Gasteiger partial charge is 0.240 e. The van der Waals surface area contributed by atoms with Crippen molar-refractivity contribution in [3.8, 4) is 0 Å². The van der Waals surface area contributed by atoms with Crippen molar-refractivity contribution in [3.05, 3.63) is 35.9 Å². The van der Waals surface area contributed by atoms with Gasteiger partial charge in [0.25, 0.3) is 0 Å². The molecule has 1 aromatic carbocycles. The van der Waals surface area contributed by atoms with Crippen LogP contribution in [0.5, 0.6) is 0 Å². The van der Waals surface area contributed by atoms with E-state index in [0.29, 0.717) is 0 Å². The van der Waals surface area contributed by atoms with E-state index in [-0.39, 0.29) is 0 Å². The van der Waals surface area contributed by atoms with E-state index >= 15 is 0 Å². The first-order valence-electron chi connectivity index (χ1n) is 4.75. The summed E-state index contributed by atoms with van der Waals surface area (Å²) in [7, 11) is 2.14. The molecule has 0 aliphatic carbocycles. The van der Waals surface area contributed by atoms with Gasteiger partial charge in [0.15, 0.2) is 0 Å². The van der Waals surface area contributed by atoms with Gasteiger partial charge < -0.3 is 0 Å². The highest BCUT2D eigenvalue weighted by Crippen LogP contribution is 1.99. The predicted molar refractivity (Wildman–Crippen MR) is 57.6 cm³/mol. The minimum absolute atomic E-state index is 1.10. The molecule has 0 radical (unpaired) electrons. The quantitative estimate of drug-likeness (QED) is 0.491. The second-order valence-electron chi connectivity index (χ2n) is 3.60. The Hall–Kier alpha value is -1.11. The summed E-state index contributed by atoms with van der Waals surface area (Å²) in [6, 6.07) is 10.6. The van der Waals surface area contributed by atoms with E-state index < -0.39 is 0 Å². The van der Waals surface area contributed by atoms with E-state index in [1.54, 1.807) is 0 Å². The van der Waals surface area contributed by atoms with Crippen molar-refractivity contribution in [2.45, 2.75) is 20.3 Å². The maximum atomic E-state index is 2.28. The van der Waals surface area contributed by atoms with Crippen molar-refractivity contribution >= 4 is 5.71 Å².